The van der Waals surface area contributed by atoms with Crippen molar-refractivity contribution in [1.82, 2.24) is 5.32 Å². The highest BCUT2D eigenvalue weighted by Gasteiger charge is 2.28. The third kappa shape index (κ3) is 35.7. The molecule has 6 nitrogen and oxygen atoms in total. The van der Waals surface area contributed by atoms with Crippen LogP contribution in [0.15, 0.2) is 48.6 Å². The van der Waals surface area contributed by atoms with Crippen LogP contribution >= 0.6 is 0 Å². The summed E-state index contributed by atoms with van der Waals surface area (Å²) in [4.78, 5) is 12.5. The number of allylic oxidation sites excluding steroid dienone is 8. The largest absolute Gasteiger partial charge is 0.394 e. The van der Waals surface area contributed by atoms with Gasteiger partial charge in [-0.15, -0.1) is 0 Å². The SMILES string of the molecule is CCCCCCCC/C=C\CCCCC(O)C(=O)NC(CO)C(O)C(O)CCC/C=C/CC/C=C/CC/C=C/CCCCCCCCCCCCCC. The van der Waals surface area contributed by atoms with Gasteiger partial charge in [0.2, 0.25) is 5.91 Å². The molecular formula is C47H87NO5. The van der Waals surface area contributed by atoms with Crippen LogP contribution in [-0.2, 0) is 4.79 Å². The first-order valence-electron chi connectivity index (χ1n) is 22.5. The molecule has 5 N–H and O–H groups in total. The van der Waals surface area contributed by atoms with Crippen LogP contribution in [0, 0.1) is 0 Å². The zero-order chi connectivity index (χ0) is 38.9. The molecule has 0 saturated carbocycles. The normalized spacial score (nSPS) is 14.6. The molecule has 310 valence electrons. The zero-order valence-electron chi connectivity index (χ0n) is 34.8. The van der Waals surface area contributed by atoms with Crippen molar-refractivity contribution < 1.29 is 25.2 Å². The van der Waals surface area contributed by atoms with E-state index >= 15 is 0 Å². The molecule has 0 saturated heterocycles. The minimum Gasteiger partial charge on any atom is -0.394 e. The average Bonchev–Trinajstić information content (AvgIpc) is 3.16. The van der Waals surface area contributed by atoms with E-state index in [-0.39, 0.29) is 0 Å². The maximum Gasteiger partial charge on any atom is 0.249 e. The van der Waals surface area contributed by atoms with E-state index in [1.165, 1.54) is 122 Å². The number of amides is 1. The second kappa shape index (κ2) is 41.4. The minimum absolute atomic E-state index is 0.326. The van der Waals surface area contributed by atoms with Crippen LogP contribution < -0.4 is 5.32 Å². The zero-order valence-corrected chi connectivity index (χ0v) is 34.8. The molecule has 1 amide bonds. The average molecular weight is 746 g/mol. The van der Waals surface area contributed by atoms with Crippen LogP contribution in [0.4, 0.5) is 0 Å². The van der Waals surface area contributed by atoms with Crippen LogP contribution in [0.25, 0.3) is 0 Å². The Labute approximate surface area is 328 Å². The second-order valence-corrected chi connectivity index (χ2v) is 15.4. The molecule has 0 aliphatic heterocycles. The lowest BCUT2D eigenvalue weighted by molar-refractivity contribution is -0.132. The Morgan fingerprint density at radius 3 is 1.19 bits per heavy atom. The first-order valence-corrected chi connectivity index (χ1v) is 22.5. The van der Waals surface area contributed by atoms with E-state index in [1.54, 1.807) is 0 Å². The number of hydrogen-bond acceptors (Lipinski definition) is 5. The first-order chi connectivity index (χ1) is 26.0. The molecule has 0 aliphatic carbocycles. The van der Waals surface area contributed by atoms with E-state index < -0.39 is 36.9 Å². The summed E-state index contributed by atoms with van der Waals surface area (Å²) in [6.45, 7) is 4.00. The lowest BCUT2D eigenvalue weighted by Gasteiger charge is -2.27. The van der Waals surface area contributed by atoms with Crippen LogP contribution in [0.2, 0.25) is 0 Å². The number of carbonyl (C=O) groups is 1. The molecular weight excluding hydrogens is 659 g/mol. The molecule has 0 heterocycles. The summed E-state index contributed by atoms with van der Waals surface area (Å²) >= 11 is 0. The fourth-order valence-electron chi connectivity index (χ4n) is 6.61. The molecule has 0 aromatic carbocycles. The van der Waals surface area contributed by atoms with Crippen molar-refractivity contribution >= 4 is 5.91 Å². The Balaban J connectivity index is 3.81. The van der Waals surface area contributed by atoms with E-state index in [2.05, 4.69) is 67.8 Å². The van der Waals surface area contributed by atoms with Gasteiger partial charge in [-0.05, 0) is 89.9 Å². The van der Waals surface area contributed by atoms with E-state index in [1.807, 2.05) is 0 Å². The van der Waals surface area contributed by atoms with Crippen molar-refractivity contribution in [2.45, 2.75) is 237 Å². The number of aliphatic hydroxyl groups is 4. The van der Waals surface area contributed by atoms with Crippen LogP contribution in [0.1, 0.15) is 213 Å². The first kappa shape index (κ1) is 51.3. The van der Waals surface area contributed by atoms with Crippen LogP contribution in [0.5, 0.6) is 0 Å². The molecule has 0 fully saturated rings. The van der Waals surface area contributed by atoms with Crippen molar-refractivity contribution in [3.63, 3.8) is 0 Å². The molecule has 6 heteroatoms. The molecule has 4 atom stereocenters. The smallest absolute Gasteiger partial charge is 0.249 e. The molecule has 0 aromatic heterocycles. The molecule has 4 unspecified atom stereocenters. The number of hydrogen-bond donors (Lipinski definition) is 5. The van der Waals surface area contributed by atoms with Crippen molar-refractivity contribution in [1.29, 1.82) is 0 Å². The standard InChI is InChI=1S/C47H87NO5/c1-3-5-7-9-11-13-15-17-18-19-20-21-22-23-24-25-26-27-28-29-31-32-34-36-38-40-44(50)46(52)43(42-49)48-47(53)45(51)41-39-37-35-33-30-16-14-12-10-8-6-4-2/h23-24,27-28,30,32-34,43-46,49-52H,3-22,25-26,29,31,35-42H2,1-2H3,(H,48,53)/b24-23+,28-27+,33-30-,34-32+. The predicted molar refractivity (Wildman–Crippen MR) is 228 cm³/mol. The van der Waals surface area contributed by atoms with Gasteiger partial charge in [0, 0.05) is 0 Å². The third-order valence-electron chi connectivity index (χ3n) is 10.2. The maximum absolute atomic E-state index is 12.5. The number of unbranched alkanes of at least 4 members (excludes halogenated alkanes) is 23. The van der Waals surface area contributed by atoms with Crippen molar-refractivity contribution in [2.24, 2.45) is 0 Å². The molecule has 53 heavy (non-hydrogen) atoms. The summed E-state index contributed by atoms with van der Waals surface area (Å²) in [5.41, 5.74) is 0. The summed E-state index contributed by atoms with van der Waals surface area (Å²) in [7, 11) is 0. The highest BCUT2D eigenvalue weighted by atomic mass is 16.3. The van der Waals surface area contributed by atoms with Crippen molar-refractivity contribution in [2.75, 3.05) is 6.61 Å². The van der Waals surface area contributed by atoms with Crippen LogP contribution in [0.3, 0.4) is 0 Å². The lowest BCUT2D eigenvalue weighted by atomic mass is 10.00. The lowest BCUT2D eigenvalue weighted by Crippen LogP contribution is -2.53. The molecule has 0 radical (unpaired) electrons. The number of carbonyl (C=O) groups excluding carboxylic acids is 1. The van der Waals surface area contributed by atoms with Gasteiger partial charge in [-0.25, -0.2) is 0 Å². The van der Waals surface area contributed by atoms with Gasteiger partial charge in [-0.3, -0.25) is 4.79 Å². The van der Waals surface area contributed by atoms with Gasteiger partial charge in [0.15, 0.2) is 0 Å². The monoisotopic (exact) mass is 746 g/mol. The van der Waals surface area contributed by atoms with E-state index in [9.17, 15) is 25.2 Å². The number of aliphatic hydroxyl groups excluding tert-OH is 4. The fraction of sp³-hybridized carbons (Fsp3) is 0.809. The highest BCUT2D eigenvalue weighted by Crippen LogP contribution is 2.14. The summed E-state index contributed by atoms with van der Waals surface area (Å²) in [5.74, 6) is -0.618. The van der Waals surface area contributed by atoms with Gasteiger partial charge in [0.1, 0.15) is 12.2 Å². The van der Waals surface area contributed by atoms with Gasteiger partial charge >= 0.3 is 0 Å². The Bertz CT molecular complexity index is 884. The highest BCUT2D eigenvalue weighted by molar-refractivity contribution is 5.80. The van der Waals surface area contributed by atoms with Gasteiger partial charge in [0.05, 0.1) is 18.8 Å². The van der Waals surface area contributed by atoms with E-state index in [4.69, 9.17) is 0 Å². The topological polar surface area (TPSA) is 110 Å². The summed E-state index contributed by atoms with van der Waals surface area (Å²) in [5, 5.41) is 43.5. The summed E-state index contributed by atoms with van der Waals surface area (Å²) < 4.78 is 0. The number of nitrogens with one attached hydrogen (secondary N) is 1. The Morgan fingerprint density at radius 2 is 0.792 bits per heavy atom. The minimum atomic E-state index is -1.30. The summed E-state index contributed by atoms with van der Waals surface area (Å²) in [6.07, 6.45) is 50.1. The van der Waals surface area contributed by atoms with E-state index in [0.717, 1.165) is 51.4 Å². The van der Waals surface area contributed by atoms with Gasteiger partial charge in [-0.2, -0.15) is 0 Å². The maximum atomic E-state index is 12.5. The molecule has 0 spiro atoms. The quantitative estimate of drug-likeness (QED) is 0.0317. The molecule has 0 bridgehead atoms. The predicted octanol–water partition coefficient (Wildman–Crippen LogP) is 11.9. The van der Waals surface area contributed by atoms with Gasteiger partial charge < -0.3 is 25.7 Å². The molecule has 0 aromatic rings. The van der Waals surface area contributed by atoms with Crippen LogP contribution in [-0.4, -0.2) is 57.3 Å². The molecule has 0 rings (SSSR count). The van der Waals surface area contributed by atoms with E-state index in [0.29, 0.717) is 25.7 Å². The molecule has 0 aliphatic rings. The van der Waals surface area contributed by atoms with Crippen molar-refractivity contribution in [3.05, 3.63) is 48.6 Å². The van der Waals surface area contributed by atoms with Gasteiger partial charge in [-0.1, -0.05) is 172 Å². The second-order valence-electron chi connectivity index (χ2n) is 15.4. The van der Waals surface area contributed by atoms with Gasteiger partial charge in [0.25, 0.3) is 0 Å². The Kier molecular flexibility index (Phi) is 40.1. The summed E-state index contributed by atoms with van der Waals surface area (Å²) in [6, 6.07) is -1.02. The van der Waals surface area contributed by atoms with Crippen molar-refractivity contribution in [3.8, 4) is 0 Å². The third-order valence-corrected chi connectivity index (χ3v) is 10.2. The Hall–Kier alpha value is -1.73. The Morgan fingerprint density at radius 1 is 0.453 bits per heavy atom. The number of rotatable bonds is 40. The fourth-order valence-corrected chi connectivity index (χ4v) is 6.61.